The summed E-state index contributed by atoms with van der Waals surface area (Å²) in [6, 6.07) is 0. The predicted molar refractivity (Wildman–Crippen MR) is 164 cm³/mol. The van der Waals surface area contributed by atoms with Crippen LogP contribution in [0.25, 0.3) is 0 Å². The minimum Gasteiger partial charge on any atom is -0.480 e. The third-order valence-corrected chi connectivity index (χ3v) is 12.7. The Bertz CT molecular complexity index is 1190. The smallest absolute Gasteiger partial charge is 0.317 e. The van der Waals surface area contributed by atoms with E-state index in [0.29, 0.717) is 38.5 Å². The number of rotatable bonds is 8. The fourth-order valence-corrected chi connectivity index (χ4v) is 10.3. The molecule has 0 aromatic heterocycles. The summed E-state index contributed by atoms with van der Waals surface area (Å²) in [6.07, 6.45) is 0.527. The molecule has 3 fully saturated rings. The summed E-state index contributed by atoms with van der Waals surface area (Å²) in [6.45, 7) is 14.7. The van der Waals surface area contributed by atoms with Crippen LogP contribution in [0.1, 0.15) is 92.4 Å². The Morgan fingerprint density at radius 3 is 2.41 bits per heavy atom. The van der Waals surface area contributed by atoms with Gasteiger partial charge in [0, 0.05) is 0 Å². The summed E-state index contributed by atoms with van der Waals surface area (Å²) in [4.78, 5) is 13.5. The summed E-state index contributed by atoms with van der Waals surface area (Å²) < 4.78 is 11.8. The van der Waals surface area contributed by atoms with Gasteiger partial charge in [-0.2, -0.15) is 0 Å². The number of ether oxygens (including phenoxy) is 2. The second-order valence-electron chi connectivity index (χ2n) is 15.1. The average molecular weight is 619 g/mol. The van der Waals surface area contributed by atoms with Gasteiger partial charge in [-0.15, -0.1) is 0 Å². The largest absolute Gasteiger partial charge is 0.480 e. The minimum absolute atomic E-state index is 0.0115. The zero-order valence-electron chi connectivity index (χ0n) is 27.0. The van der Waals surface area contributed by atoms with Gasteiger partial charge in [-0.3, -0.25) is 4.79 Å². The maximum Gasteiger partial charge on any atom is 0.317 e. The third kappa shape index (κ3) is 4.97. The van der Waals surface area contributed by atoms with Crippen LogP contribution in [0.5, 0.6) is 0 Å². The average Bonchev–Trinajstić information content (AvgIpc) is 3.22. The SMILES string of the molecule is C=C1C(O[C@H]2O[C@H](CO)[C@@H](O)[C@H](O)[C@H]2O)CC[C@]2(C)C3=C(CCC12)C1(C(=O)O)C(O)C[C@H]([C@H](C)CCC=C(C)C)[C@@]1(C)CC3. The van der Waals surface area contributed by atoms with Crippen LogP contribution in [0.15, 0.2) is 34.9 Å². The zero-order chi connectivity index (χ0) is 32.4. The van der Waals surface area contributed by atoms with E-state index in [2.05, 4.69) is 47.3 Å². The number of fused-ring (bicyclic) bond motifs is 4. The van der Waals surface area contributed by atoms with Crippen molar-refractivity contribution in [3.8, 4) is 0 Å². The van der Waals surface area contributed by atoms with E-state index in [-0.39, 0.29) is 23.2 Å². The lowest BCUT2D eigenvalue weighted by molar-refractivity contribution is -0.310. The van der Waals surface area contributed by atoms with E-state index in [1.54, 1.807) is 0 Å². The van der Waals surface area contributed by atoms with Crippen molar-refractivity contribution in [1.29, 1.82) is 0 Å². The molecule has 4 aliphatic carbocycles. The van der Waals surface area contributed by atoms with E-state index in [4.69, 9.17) is 9.47 Å². The lowest BCUT2D eigenvalue weighted by Gasteiger charge is -2.59. The molecule has 5 rings (SSSR count). The van der Waals surface area contributed by atoms with Gasteiger partial charge in [-0.25, -0.2) is 0 Å². The van der Waals surface area contributed by atoms with Crippen molar-refractivity contribution in [2.75, 3.05) is 6.61 Å². The number of carbonyl (C=O) groups is 1. The summed E-state index contributed by atoms with van der Waals surface area (Å²) in [7, 11) is 0. The fourth-order valence-electron chi connectivity index (χ4n) is 10.3. The van der Waals surface area contributed by atoms with Crippen LogP contribution < -0.4 is 0 Å². The van der Waals surface area contributed by atoms with E-state index >= 15 is 0 Å². The van der Waals surface area contributed by atoms with E-state index in [0.717, 1.165) is 36.0 Å². The molecule has 13 atom stereocenters. The first-order valence-electron chi connectivity index (χ1n) is 16.6. The van der Waals surface area contributed by atoms with Crippen LogP contribution in [-0.4, -0.2) is 86.1 Å². The molecule has 0 spiro atoms. The first-order valence-corrected chi connectivity index (χ1v) is 16.6. The molecule has 4 unspecified atom stereocenters. The molecule has 6 N–H and O–H groups in total. The molecule has 9 nitrogen and oxygen atoms in total. The molecule has 0 radical (unpaired) electrons. The summed E-state index contributed by atoms with van der Waals surface area (Å²) >= 11 is 0. The second kappa shape index (κ2) is 12.2. The summed E-state index contributed by atoms with van der Waals surface area (Å²) in [5.74, 6) is -0.497. The first-order chi connectivity index (χ1) is 20.6. The van der Waals surface area contributed by atoms with Crippen LogP contribution in [0.2, 0.25) is 0 Å². The maximum atomic E-state index is 13.5. The van der Waals surface area contributed by atoms with Gasteiger partial charge in [0.2, 0.25) is 0 Å². The summed E-state index contributed by atoms with van der Waals surface area (Å²) in [5.41, 5.74) is 2.03. The highest BCUT2D eigenvalue weighted by atomic mass is 16.7. The Balaban J connectivity index is 1.42. The molecule has 0 aromatic rings. The van der Waals surface area contributed by atoms with Gasteiger partial charge in [0.05, 0.1) is 18.8 Å². The van der Waals surface area contributed by atoms with E-state index in [9.17, 15) is 35.4 Å². The molecule has 0 amide bonds. The number of carboxylic acid groups (broad SMARTS) is 1. The highest BCUT2D eigenvalue weighted by Gasteiger charge is 2.71. The van der Waals surface area contributed by atoms with Crippen LogP contribution in [0.3, 0.4) is 0 Å². The van der Waals surface area contributed by atoms with E-state index < -0.39 is 66.3 Å². The van der Waals surface area contributed by atoms with Gasteiger partial charge in [0.1, 0.15) is 29.8 Å². The molecule has 2 saturated carbocycles. The number of aliphatic hydroxyl groups is 5. The maximum absolute atomic E-state index is 13.5. The molecule has 1 heterocycles. The molecule has 248 valence electrons. The molecule has 9 heteroatoms. The lowest BCUT2D eigenvalue weighted by atomic mass is 9.45. The number of hydrogen-bond acceptors (Lipinski definition) is 8. The highest BCUT2D eigenvalue weighted by Crippen LogP contribution is 2.72. The van der Waals surface area contributed by atoms with Crippen molar-refractivity contribution in [3.05, 3.63) is 34.9 Å². The van der Waals surface area contributed by atoms with Crippen LogP contribution >= 0.6 is 0 Å². The van der Waals surface area contributed by atoms with Crippen LogP contribution in [0.4, 0.5) is 0 Å². The second-order valence-corrected chi connectivity index (χ2v) is 15.1. The molecule has 1 aliphatic heterocycles. The van der Waals surface area contributed by atoms with Gasteiger partial charge >= 0.3 is 5.97 Å². The van der Waals surface area contributed by atoms with Gasteiger partial charge in [0.15, 0.2) is 6.29 Å². The third-order valence-electron chi connectivity index (χ3n) is 12.7. The number of aliphatic hydroxyl groups excluding tert-OH is 5. The Morgan fingerprint density at radius 2 is 1.77 bits per heavy atom. The molecule has 1 saturated heterocycles. The van der Waals surface area contributed by atoms with E-state index in [1.807, 2.05) is 0 Å². The first kappa shape index (κ1) is 33.8. The molecule has 0 bridgehead atoms. The van der Waals surface area contributed by atoms with Crippen molar-refractivity contribution in [1.82, 2.24) is 0 Å². The summed E-state index contributed by atoms with van der Waals surface area (Å²) in [5, 5.41) is 63.4. The number of allylic oxidation sites excluding steroid dienone is 3. The molecular weight excluding hydrogens is 564 g/mol. The lowest BCUT2D eigenvalue weighted by Crippen LogP contribution is -2.60. The normalized spacial score (nSPS) is 46.1. The standard InChI is InChI=1S/C35H54O9/c1-18(2)8-7-9-19(3)24-16-27(37)35(32(41)42)23-11-10-21-20(4)25(13-14-33(21,5)22(23)12-15-34(24,35)6)43-31-30(40)29(39)28(38)26(17-36)44-31/h8,19,21,24-31,36-40H,4,7,9-17H2,1-3,5-6H3,(H,41,42)/t19-,21?,24-,25?,26-,27?,28-,29+,30-,31+,33+,34-,35?/m1/s1. The Hall–Kier alpha value is -1.59. The van der Waals surface area contributed by atoms with E-state index in [1.165, 1.54) is 5.57 Å². The highest BCUT2D eigenvalue weighted by molar-refractivity contribution is 5.83. The van der Waals surface area contributed by atoms with Crippen molar-refractivity contribution in [2.45, 2.75) is 135 Å². The van der Waals surface area contributed by atoms with Gasteiger partial charge in [0.25, 0.3) is 0 Å². The fraction of sp³-hybridized carbons (Fsp3) is 0.800. The van der Waals surface area contributed by atoms with Gasteiger partial charge in [-0.1, -0.05) is 50.1 Å². The van der Waals surface area contributed by atoms with Crippen LogP contribution in [-0.2, 0) is 14.3 Å². The topological polar surface area (TPSA) is 157 Å². The monoisotopic (exact) mass is 618 g/mol. The molecular formula is C35H54O9. The Kier molecular flexibility index (Phi) is 9.37. The van der Waals surface area contributed by atoms with Gasteiger partial charge < -0.3 is 40.1 Å². The number of carboxylic acids is 1. The van der Waals surface area contributed by atoms with Crippen molar-refractivity contribution in [2.24, 2.45) is 34.0 Å². The van der Waals surface area contributed by atoms with Gasteiger partial charge in [-0.05, 0) is 106 Å². The number of hydrogen-bond donors (Lipinski definition) is 6. The Labute approximate surface area is 261 Å². The molecule has 0 aromatic carbocycles. The van der Waals surface area contributed by atoms with Crippen molar-refractivity contribution >= 4 is 5.97 Å². The Morgan fingerprint density at radius 1 is 1.07 bits per heavy atom. The van der Waals surface area contributed by atoms with Crippen molar-refractivity contribution < 1.29 is 44.9 Å². The minimum atomic E-state index is -1.52. The quantitative estimate of drug-likeness (QED) is 0.222. The molecule has 5 aliphatic rings. The molecule has 44 heavy (non-hydrogen) atoms. The number of aliphatic carboxylic acids is 1. The van der Waals surface area contributed by atoms with Crippen molar-refractivity contribution in [3.63, 3.8) is 0 Å². The zero-order valence-corrected chi connectivity index (χ0v) is 27.0. The predicted octanol–water partition coefficient (Wildman–Crippen LogP) is 3.87. The van der Waals surface area contributed by atoms with Crippen LogP contribution in [0, 0.1) is 34.0 Å².